The third-order valence-corrected chi connectivity index (χ3v) is 5.15. The molecule has 2 fully saturated rings. The predicted molar refractivity (Wildman–Crippen MR) is 94.2 cm³/mol. The zero-order valence-electron chi connectivity index (χ0n) is 13.5. The Morgan fingerprint density at radius 3 is 2.78 bits per heavy atom. The molecule has 0 aliphatic carbocycles. The molecule has 6 nitrogen and oxygen atoms in total. The molecule has 4 rings (SSSR count). The molecule has 2 saturated heterocycles. The molecule has 4 heterocycles. The summed E-state index contributed by atoms with van der Waals surface area (Å²) in [6.07, 6.45) is 1.91. The average molecular weight is 315 g/mol. The van der Waals surface area contributed by atoms with Gasteiger partial charge in [-0.1, -0.05) is 6.92 Å². The van der Waals surface area contributed by atoms with Gasteiger partial charge in [-0.2, -0.15) is 0 Å². The molecule has 1 N–H and O–H groups in total. The van der Waals surface area contributed by atoms with Gasteiger partial charge in [0.2, 0.25) is 5.56 Å². The third-order valence-electron chi connectivity index (χ3n) is 5.15. The Hall–Kier alpha value is -1.92. The lowest BCUT2D eigenvalue weighted by molar-refractivity contribution is 0.0861. The Morgan fingerprint density at radius 1 is 1.26 bits per heavy atom. The number of likely N-dealkylation sites (N-methyl/N-ethyl adjacent to an activating group) is 1. The standard InChI is InChI=1S/C17H23N5O.H2/c1-2-20-5-7-21(8-6-20)14-11-22(12-14)13-9-16-15(18-10-13)3-4-17(23)19-16;/h3-4,9-10,14H,2,5-8,11-12H2,1H3,(H,19,23);1H. The van der Waals surface area contributed by atoms with E-state index in [-0.39, 0.29) is 6.99 Å². The van der Waals surface area contributed by atoms with E-state index in [2.05, 4.69) is 31.6 Å². The number of nitrogens with zero attached hydrogens (tertiary/aromatic N) is 4. The summed E-state index contributed by atoms with van der Waals surface area (Å²) in [5.41, 5.74) is 2.67. The molecule has 0 atom stereocenters. The van der Waals surface area contributed by atoms with E-state index >= 15 is 0 Å². The van der Waals surface area contributed by atoms with E-state index in [4.69, 9.17) is 0 Å². The highest BCUT2D eigenvalue weighted by atomic mass is 16.1. The minimum Gasteiger partial charge on any atom is -0.367 e. The van der Waals surface area contributed by atoms with Crippen molar-refractivity contribution in [1.29, 1.82) is 0 Å². The van der Waals surface area contributed by atoms with Crippen LogP contribution < -0.4 is 10.5 Å². The summed E-state index contributed by atoms with van der Waals surface area (Å²) < 4.78 is 0. The van der Waals surface area contributed by atoms with Crippen molar-refractivity contribution in [2.45, 2.75) is 13.0 Å². The first-order valence-electron chi connectivity index (χ1n) is 8.43. The lowest BCUT2D eigenvalue weighted by Gasteiger charge is -2.49. The van der Waals surface area contributed by atoms with Gasteiger partial charge in [0.05, 0.1) is 22.9 Å². The number of aromatic amines is 1. The van der Waals surface area contributed by atoms with Crippen molar-refractivity contribution in [2.24, 2.45) is 0 Å². The minimum absolute atomic E-state index is 0. The summed E-state index contributed by atoms with van der Waals surface area (Å²) in [5.74, 6) is 0. The topological polar surface area (TPSA) is 55.5 Å². The van der Waals surface area contributed by atoms with E-state index in [1.165, 1.54) is 32.2 Å². The molecule has 0 bridgehead atoms. The zero-order chi connectivity index (χ0) is 15.8. The van der Waals surface area contributed by atoms with Gasteiger partial charge in [0, 0.05) is 52.8 Å². The Bertz CT molecular complexity index is 750. The van der Waals surface area contributed by atoms with Crippen molar-refractivity contribution in [2.75, 3.05) is 50.7 Å². The van der Waals surface area contributed by atoms with E-state index in [9.17, 15) is 4.79 Å². The van der Waals surface area contributed by atoms with Crippen LogP contribution in [0.25, 0.3) is 11.0 Å². The van der Waals surface area contributed by atoms with E-state index < -0.39 is 0 Å². The number of anilines is 1. The largest absolute Gasteiger partial charge is 0.367 e. The zero-order valence-corrected chi connectivity index (χ0v) is 13.5. The highest BCUT2D eigenvalue weighted by Gasteiger charge is 2.33. The van der Waals surface area contributed by atoms with Gasteiger partial charge in [0.1, 0.15) is 0 Å². The number of aromatic nitrogens is 2. The second-order valence-corrected chi connectivity index (χ2v) is 6.48. The Kier molecular flexibility index (Phi) is 3.79. The van der Waals surface area contributed by atoms with Crippen molar-refractivity contribution in [1.82, 2.24) is 19.8 Å². The quantitative estimate of drug-likeness (QED) is 0.916. The fourth-order valence-electron chi connectivity index (χ4n) is 3.54. The summed E-state index contributed by atoms with van der Waals surface area (Å²) >= 11 is 0. The normalized spacial score (nSPS) is 20.8. The van der Waals surface area contributed by atoms with Crippen LogP contribution in [-0.4, -0.2) is 71.6 Å². The lowest BCUT2D eigenvalue weighted by Crippen LogP contribution is -2.63. The first kappa shape index (κ1) is 14.7. The van der Waals surface area contributed by atoms with Crippen molar-refractivity contribution >= 4 is 16.7 Å². The fourth-order valence-corrected chi connectivity index (χ4v) is 3.54. The molecular formula is C17H25N5O. The molecule has 0 radical (unpaired) electrons. The molecule has 2 aliphatic heterocycles. The molecule has 0 saturated carbocycles. The number of nitrogens with one attached hydrogen (secondary N) is 1. The van der Waals surface area contributed by atoms with Gasteiger partial charge < -0.3 is 14.8 Å². The maximum Gasteiger partial charge on any atom is 0.248 e. The predicted octanol–water partition coefficient (Wildman–Crippen LogP) is 0.995. The maximum atomic E-state index is 11.5. The number of H-pyrrole nitrogens is 1. The fraction of sp³-hybridized carbons (Fsp3) is 0.529. The molecule has 2 aromatic heterocycles. The number of hydrogen-bond donors (Lipinski definition) is 1. The molecule has 124 valence electrons. The number of fused-ring (bicyclic) bond motifs is 1. The van der Waals surface area contributed by atoms with E-state index in [1.807, 2.05) is 12.3 Å². The van der Waals surface area contributed by atoms with Gasteiger partial charge in [0.25, 0.3) is 0 Å². The molecule has 0 amide bonds. The molecule has 2 aromatic rings. The van der Waals surface area contributed by atoms with Crippen LogP contribution in [0.2, 0.25) is 0 Å². The van der Waals surface area contributed by atoms with Gasteiger partial charge in [-0.05, 0) is 18.7 Å². The van der Waals surface area contributed by atoms with Crippen LogP contribution in [-0.2, 0) is 0 Å². The monoisotopic (exact) mass is 315 g/mol. The second-order valence-electron chi connectivity index (χ2n) is 6.48. The Labute approximate surface area is 137 Å². The molecule has 0 aromatic carbocycles. The number of hydrogen-bond acceptors (Lipinski definition) is 5. The van der Waals surface area contributed by atoms with E-state index in [1.54, 1.807) is 6.07 Å². The average Bonchev–Trinajstić information content (AvgIpc) is 2.54. The summed E-state index contributed by atoms with van der Waals surface area (Å²) in [6, 6.07) is 5.98. The SMILES string of the molecule is CCN1CCN(C2CN(c3cnc4ccc(=O)[nH]c4c3)C2)CC1.[HH]. The van der Waals surface area contributed by atoms with Gasteiger partial charge in [-0.25, -0.2) is 0 Å². The van der Waals surface area contributed by atoms with Crippen LogP contribution in [0.4, 0.5) is 5.69 Å². The molecule has 0 spiro atoms. The highest BCUT2D eigenvalue weighted by Crippen LogP contribution is 2.25. The summed E-state index contributed by atoms with van der Waals surface area (Å²) in [7, 11) is 0. The second kappa shape index (κ2) is 5.94. The van der Waals surface area contributed by atoms with Crippen LogP contribution in [0.15, 0.2) is 29.2 Å². The number of rotatable bonds is 3. The number of pyridine rings is 2. The number of piperazine rings is 1. The summed E-state index contributed by atoms with van der Waals surface area (Å²) in [4.78, 5) is 26.2. The Balaban J connectivity index is 0.00000169. The maximum absolute atomic E-state index is 11.5. The van der Waals surface area contributed by atoms with Crippen molar-refractivity contribution < 1.29 is 1.43 Å². The van der Waals surface area contributed by atoms with E-state index in [0.717, 1.165) is 36.4 Å². The van der Waals surface area contributed by atoms with Crippen molar-refractivity contribution in [3.8, 4) is 0 Å². The molecule has 23 heavy (non-hydrogen) atoms. The van der Waals surface area contributed by atoms with Gasteiger partial charge >= 0.3 is 0 Å². The lowest BCUT2D eigenvalue weighted by atomic mass is 10.0. The van der Waals surface area contributed by atoms with Crippen LogP contribution in [0.5, 0.6) is 0 Å². The first-order chi connectivity index (χ1) is 11.2. The van der Waals surface area contributed by atoms with Gasteiger partial charge in [0.15, 0.2) is 0 Å². The van der Waals surface area contributed by atoms with Crippen LogP contribution in [0.3, 0.4) is 0 Å². The smallest absolute Gasteiger partial charge is 0.248 e. The first-order valence-corrected chi connectivity index (χ1v) is 8.43. The van der Waals surface area contributed by atoms with Crippen molar-refractivity contribution in [3.05, 3.63) is 34.7 Å². The van der Waals surface area contributed by atoms with Crippen molar-refractivity contribution in [3.63, 3.8) is 0 Å². The molecule has 2 aliphatic rings. The van der Waals surface area contributed by atoms with E-state index in [0.29, 0.717) is 6.04 Å². The van der Waals surface area contributed by atoms with Crippen LogP contribution in [0.1, 0.15) is 8.35 Å². The van der Waals surface area contributed by atoms with Crippen LogP contribution >= 0.6 is 0 Å². The molecule has 0 unspecified atom stereocenters. The van der Waals surface area contributed by atoms with Gasteiger partial charge in [-0.3, -0.25) is 14.7 Å². The van der Waals surface area contributed by atoms with Gasteiger partial charge in [-0.15, -0.1) is 0 Å². The minimum atomic E-state index is -0.0771. The Morgan fingerprint density at radius 2 is 2.04 bits per heavy atom. The molecular weight excluding hydrogens is 290 g/mol. The summed E-state index contributed by atoms with van der Waals surface area (Å²) in [5, 5.41) is 0. The summed E-state index contributed by atoms with van der Waals surface area (Å²) in [6.45, 7) is 10.2. The highest BCUT2D eigenvalue weighted by molar-refractivity contribution is 5.77. The molecule has 6 heteroatoms. The van der Waals surface area contributed by atoms with Crippen LogP contribution in [0, 0.1) is 0 Å². The third kappa shape index (κ3) is 2.84.